The van der Waals surface area contributed by atoms with Crippen LogP contribution in [0.5, 0.6) is 0 Å². The molecular formula is C46H26O. The quantitative estimate of drug-likeness (QED) is 0.182. The molecule has 0 bridgehead atoms. The zero-order valence-electron chi connectivity index (χ0n) is 25.4. The smallest absolute Gasteiger partial charge is 0.143 e. The first-order valence-electron chi connectivity index (χ1n) is 16.3. The minimum absolute atomic E-state index is 0.913. The van der Waals surface area contributed by atoms with Crippen molar-refractivity contribution >= 4 is 86.6 Å². The Labute approximate surface area is 270 Å². The highest BCUT2D eigenvalue weighted by Gasteiger charge is 2.20. The van der Waals surface area contributed by atoms with Gasteiger partial charge in [0.15, 0.2) is 0 Å². The molecule has 0 fully saturated rings. The molecule has 1 aromatic heterocycles. The molecule has 0 spiro atoms. The average molecular weight is 595 g/mol. The Morgan fingerprint density at radius 3 is 1.74 bits per heavy atom. The summed E-state index contributed by atoms with van der Waals surface area (Å²) in [5.74, 6) is 0. The summed E-state index contributed by atoms with van der Waals surface area (Å²) in [7, 11) is 0. The van der Waals surface area contributed by atoms with Crippen LogP contribution in [0.4, 0.5) is 0 Å². The molecule has 11 rings (SSSR count). The molecule has 47 heavy (non-hydrogen) atoms. The van der Waals surface area contributed by atoms with Gasteiger partial charge in [-0.2, -0.15) is 0 Å². The maximum Gasteiger partial charge on any atom is 0.143 e. The lowest BCUT2D eigenvalue weighted by Crippen LogP contribution is -1.89. The van der Waals surface area contributed by atoms with Gasteiger partial charge in [-0.05, 0) is 106 Å². The molecule has 0 saturated heterocycles. The Bertz CT molecular complexity index is 3050. The van der Waals surface area contributed by atoms with Crippen LogP contribution in [0.15, 0.2) is 162 Å². The molecule has 216 valence electrons. The van der Waals surface area contributed by atoms with Gasteiger partial charge in [0.05, 0.1) is 0 Å². The first-order chi connectivity index (χ1) is 23.3. The number of rotatable bonds is 2. The van der Waals surface area contributed by atoms with Crippen molar-refractivity contribution in [3.05, 3.63) is 158 Å². The van der Waals surface area contributed by atoms with Gasteiger partial charge in [0.25, 0.3) is 0 Å². The number of fused-ring (bicyclic) bond motifs is 7. The molecule has 0 aliphatic rings. The predicted octanol–water partition coefficient (Wildman–Crippen LogP) is 13.3. The molecule has 0 aliphatic heterocycles. The number of benzene rings is 10. The molecule has 11 aromatic rings. The zero-order valence-corrected chi connectivity index (χ0v) is 25.4. The monoisotopic (exact) mass is 594 g/mol. The fourth-order valence-electron chi connectivity index (χ4n) is 8.16. The van der Waals surface area contributed by atoms with Crippen LogP contribution >= 0.6 is 0 Å². The normalized spacial score (nSPS) is 12.3. The largest absolute Gasteiger partial charge is 0.455 e. The van der Waals surface area contributed by atoms with Crippen LogP contribution < -0.4 is 0 Å². The van der Waals surface area contributed by atoms with E-state index in [9.17, 15) is 0 Å². The Morgan fingerprint density at radius 1 is 0.298 bits per heavy atom. The lowest BCUT2D eigenvalue weighted by atomic mass is 9.87. The van der Waals surface area contributed by atoms with Crippen LogP contribution in [0.1, 0.15) is 0 Å². The predicted molar refractivity (Wildman–Crippen MR) is 201 cm³/mol. The topological polar surface area (TPSA) is 13.1 Å². The molecule has 10 aromatic carbocycles. The summed E-state index contributed by atoms with van der Waals surface area (Å²) in [5, 5.41) is 17.5. The highest BCUT2D eigenvalue weighted by atomic mass is 16.3. The van der Waals surface area contributed by atoms with Crippen LogP contribution in [-0.4, -0.2) is 0 Å². The standard InChI is InChI=1S/C46H26O/c1-2-8-33-26-42-41(24-32(33)7-1)45-39(37-20-18-31-16-15-29-9-5-10-30-19-21-38(37)44(31)43(29)30)23-22-36(46(45)47-42)34-17-14-28-13-12-27-6-3-4-11-35(27)40(28)25-34/h1-26H. The third-order valence-corrected chi connectivity index (χ3v) is 10.4. The van der Waals surface area contributed by atoms with Gasteiger partial charge in [-0.1, -0.05) is 133 Å². The van der Waals surface area contributed by atoms with E-state index in [2.05, 4.69) is 158 Å². The Kier molecular flexibility index (Phi) is 4.90. The minimum Gasteiger partial charge on any atom is -0.455 e. The van der Waals surface area contributed by atoms with Gasteiger partial charge in [0.1, 0.15) is 11.2 Å². The third-order valence-electron chi connectivity index (χ3n) is 10.4. The molecule has 0 unspecified atom stereocenters. The molecule has 1 heterocycles. The van der Waals surface area contributed by atoms with Gasteiger partial charge in [-0.25, -0.2) is 0 Å². The number of hydrogen-bond acceptors (Lipinski definition) is 1. The van der Waals surface area contributed by atoms with E-state index in [1.807, 2.05) is 0 Å². The summed E-state index contributed by atoms with van der Waals surface area (Å²) in [6, 6.07) is 57.9. The van der Waals surface area contributed by atoms with Crippen LogP contribution in [0, 0.1) is 0 Å². The van der Waals surface area contributed by atoms with Gasteiger partial charge in [-0.15, -0.1) is 0 Å². The summed E-state index contributed by atoms with van der Waals surface area (Å²) in [4.78, 5) is 0. The first kappa shape index (κ1) is 25.1. The maximum atomic E-state index is 6.93. The molecule has 1 heteroatoms. The fraction of sp³-hybridized carbons (Fsp3) is 0. The summed E-state index contributed by atoms with van der Waals surface area (Å²) in [6.45, 7) is 0. The second kappa shape index (κ2) is 9.19. The van der Waals surface area contributed by atoms with Gasteiger partial charge >= 0.3 is 0 Å². The van der Waals surface area contributed by atoms with Crippen LogP contribution in [0.25, 0.3) is 109 Å². The highest BCUT2D eigenvalue weighted by Crippen LogP contribution is 2.46. The van der Waals surface area contributed by atoms with Crippen molar-refractivity contribution < 1.29 is 4.42 Å². The SMILES string of the molecule is c1ccc2cc3c(cc2c1)oc1c(-c2ccc4ccc5ccccc5c4c2)ccc(-c2ccc4ccc5cccc6ccc2c4c56)c13. The summed E-state index contributed by atoms with van der Waals surface area (Å²) in [6.07, 6.45) is 0. The van der Waals surface area contributed by atoms with E-state index in [1.54, 1.807) is 0 Å². The summed E-state index contributed by atoms with van der Waals surface area (Å²) >= 11 is 0. The Balaban J connectivity index is 1.26. The molecule has 0 saturated carbocycles. The summed E-state index contributed by atoms with van der Waals surface area (Å²) in [5.41, 5.74) is 6.53. The van der Waals surface area contributed by atoms with Gasteiger partial charge in [-0.3, -0.25) is 0 Å². The molecule has 0 aliphatic carbocycles. The maximum absolute atomic E-state index is 6.93. The molecule has 1 nitrogen and oxygen atoms in total. The second-order valence-corrected chi connectivity index (χ2v) is 12.9. The second-order valence-electron chi connectivity index (χ2n) is 12.9. The average Bonchev–Trinajstić information content (AvgIpc) is 3.50. The number of furan rings is 1. The van der Waals surface area contributed by atoms with Crippen molar-refractivity contribution in [3.63, 3.8) is 0 Å². The van der Waals surface area contributed by atoms with Crippen LogP contribution in [0.2, 0.25) is 0 Å². The van der Waals surface area contributed by atoms with Crippen molar-refractivity contribution in [2.75, 3.05) is 0 Å². The van der Waals surface area contributed by atoms with Crippen molar-refractivity contribution in [1.29, 1.82) is 0 Å². The molecular weight excluding hydrogens is 569 g/mol. The first-order valence-corrected chi connectivity index (χ1v) is 16.3. The van der Waals surface area contributed by atoms with E-state index in [4.69, 9.17) is 4.42 Å². The molecule has 0 atom stereocenters. The lowest BCUT2D eigenvalue weighted by Gasteiger charge is -2.15. The van der Waals surface area contributed by atoms with Gasteiger partial charge in [0.2, 0.25) is 0 Å². The van der Waals surface area contributed by atoms with Crippen molar-refractivity contribution in [1.82, 2.24) is 0 Å². The molecule has 0 N–H and O–H groups in total. The van der Waals surface area contributed by atoms with Gasteiger partial charge < -0.3 is 4.42 Å². The zero-order chi connectivity index (χ0) is 30.6. The number of hydrogen-bond donors (Lipinski definition) is 0. The lowest BCUT2D eigenvalue weighted by molar-refractivity contribution is 0.670. The van der Waals surface area contributed by atoms with E-state index < -0.39 is 0 Å². The molecule has 0 amide bonds. The van der Waals surface area contributed by atoms with Gasteiger partial charge in [0, 0.05) is 16.3 Å². The van der Waals surface area contributed by atoms with E-state index in [0.717, 1.165) is 33.1 Å². The van der Waals surface area contributed by atoms with Crippen LogP contribution in [0.3, 0.4) is 0 Å². The van der Waals surface area contributed by atoms with Crippen molar-refractivity contribution in [2.24, 2.45) is 0 Å². The fourth-order valence-corrected chi connectivity index (χ4v) is 8.16. The Hall–Kier alpha value is -6.18. The highest BCUT2D eigenvalue weighted by molar-refractivity contribution is 6.28. The van der Waals surface area contributed by atoms with Crippen molar-refractivity contribution in [3.8, 4) is 22.3 Å². The van der Waals surface area contributed by atoms with E-state index in [-0.39, 0.29) is 0 Å². The minimum atomic E-state index is 0.913. The van der Waals surface area contributed by atoms with E-state index in [1.165, 1.54) is 75.8 Å². The Morgan fingerprint density at radius 2 is 0.894 bits per heavy atom. The third kappa shape index (κ3) is 3.49. The van der Waals surface area contributed by atoms with Crippen LogP contribution in [-0.2, 0) is 0 Å². The van der Waals surface area contributed by atoms with E-state index in [0.29, 0.717) is 0 Å². The summed E-state index contributed by atoms with van der Waals surface area (Å²) < 4.78 is 6.93. The van der Waals surface area contributed by atoms with Crippen molar-refractivity contribution in [2.45, 2.75) is 0 Å². The molecule has 0 radical (unpaired) electrons. The van der Waals surface area contributed by atoms with E-state index >= 15 is 0 Å².